The summed E-state index contributed by atoms with van der Waals surface area (Å²) in [6, 6.07) is 15.8. The number of hydrogen-bond acceptors (Lipinski definition) is 7. The first-order valence-corrected chi connectivity index (χ1v) is 10.4. The Morgan fingerprint density at radius 2 is 1.76 bits per heavy atom. The van der Waals surface area contributed by atoms with Crippen molar-refractivity contribution in [2.24, 2.45) is 0 Å². The molecule has 1 aromatic heterocycles. The lowest BCUT2D eigenvalue weighted by Crippen LogP contribution is -2.47. The van der Waals surface area contributed by atoms with Crippen LogP contribution in [0.4, 0.5) is 11.4 Å². The summed E-state index contributed by atoms with van der Waals surface area (Å²) in [5.41, 5.74) is 1.33. The number of imide groups is 1. The van der Waals surface area contributed by atoms with Crippen molar-refractivity contribution in [3.8, 4) is 0 Å². The number of fused-ring (bicyclic) bond motifs is 1. The van der Waals surface area contributed by atoms with Crippen LogP contribution in [0.1, 0.15) is 39.3 Å². The monoisotopic (exact) mass is 449 g/mol. The van der Waals surface area contributed by atoms with Gasteiger partial charge in [0.2, 0.25) is 5.91 Å². The van der Waals surface area contributed by atoms with Crippen LogP contribution in [0.2, 0.25) is 0 Å². The van der Waals surface area contributed by atoms with Crippen LogP contribution in [-0.4, -0.2) is 45.2 Å². The maximum absolute atomic E-state index is 13.2. The molecule has 4 N–H and O–H groups in total. The molecule has 9 heteroatoms. The van der Waals surface area contributed by atoms with Gasteiger partial charge in [-0.2, -0.15) is 0 Å². The van der Waals surface area contributed by atoms with Crippen molar-refractivity contribution in [3.05, 3.63) is 83.8 Å². The van der Waals surface area contributed by atoms with Crippen molar-refractivity contribution in [2.75, 3.05) is 10.6 Å². The fourth-order valence-corrected chi connectivity index (χ4v) is 3.78. The summed E-state index contributed by atoms with van der Waals surface area (Å²) in [6.45, 7) is 0.302. The highest BCUT2D eigenvalue weighted by Gasteiger charge is 2.43. The molecule has 1 unspecified atom stereocenters. The molecule has 170 valence electrons. The molecule has 4 rings (SSSR count). The van der Waals surface area contributed by atoms with Crippen LogP contribution < -0.4 is 10.6 Å². The smallest absolute Gasteiger partial charge is 0.264 e. The van der Waals surface area contributed by atoms with Gasteiger partial charge in [-0.1, -0.05) is 24.3 Å². The van der Waals surface area contributed by atoms with Gasteiger partial charge >= 0.3 is 0 Å². The molecule has 2 heterocycles. The molecule has 0 radical (unpaired) electrons. The van der Waals surface area contributed by atoms with E-state index >= 15 is 0 Å². The molecule has 0 saturated heterocycles. The van der Waals surface area contributed by atoms with Crippen molar-refractivity contribution in [1.29, 1.82) is 0 Å². The second-order valence-corrected chi connectivity index (χ2v) is 7.58. The largest absolute Gasteiger partial charge is 0.467 e. The van der Waals surface area contributed by atoms with E-state index in [1.54, 1.807) is 48.5 Å². The Labute approximate surface area is 189 Å². The molecule has 9 nitrogen and oxygen atoms in total. The Kier molecular flexibility index (Phi) is 6.53. The standard InChI is InChI=1S/C24H23N3O6/c28-20(26-15-6-2-1-3-7-15)12-11-19(24(31)32)27-22(29)17-9-4-10-18(21(17)23(27)30)25-14-16-8-5-13-33-16/h1-10,13,19,24-25,31-32H,11-12,14H2,(H,26,28). The normalized spacial score (nSPS) is 13.8. The zero-order valence-electron chi connectivity index (χ0n) is 17.6. The highest BCUT2D eigenvalue weighted by atomic mass is 16.5. The third-order valence-corrected chi connectivity index (χ3v) is 5.38. The van der Waals surface area contributed by atoms with Crippen molar-refractivity contribution >= 4 is 29.1 Å². The van der Waals surface area contributed by atoms with E-state index in [2.05, 4.69) is 10.6 Å². The van der Waals surface area contributed by atoms with Gasteiger partial charge in [-0.25, -0.2) is 0 Å². The quantitative estimate of drug-likeness (QED) is 0.292. The summed E-state index contributed by atoms with van der Waals surface area (Å²) in [7, 11) is 0. The van der Waals surface area contributed by atoms with Crippen molar-refractivity contribution in [3.63, 3.8) is 0 Å². The highest BCUT2D eigenvalue weighted by molar-refractivity contribution is 6.24. The van der Waals surface area contributed by atoms with Crippen molar-refractivity contribution in [2.45, 2.75) is 31.7 Å². The summed E-state index contributed by atoms with van der Waals surface area (Å²) in [5, 5.41) is 25.7. The Morgan fingerprint density at radius 3 is 2.45 bits per heavy atom. The maximum Gasteiger partial charge on any atom is 0.264 e. The number of nitrogens with one attached hydrogen (secondary N) is 2. The van der Waals surface area contributed by atoms with Crippen LogP contribution >= 0.6 is 0 Å². The molecule has 1 atom stereocenters. The molecule has 33 heavy (non-hydrogen) atoms. The number of furan rings is 1. The number of anilines is 2. The van der Waals surface area contributed by atoms with Gasteiger partial charge in [-0.3, -0.25) is 19.3 Å². The van der Waals surface area contributed by atoms with E-state index in [-0.39, 0.29) is 29.9 Å². The molecule has 0 bridgehead atoms. The molecular weight excluding hydrogens is 426 g/mol. The first-order valence-electron chi connectivity index (χ1n) is 10.4. The van der Waals surface area contributed by atoms with E-state index in [4.69, 9.17) is 4.42 Å². The second-order valence-electron chi connectivity index (χ2n) is 7.58. The summed E-state index contributed by atoms with van der Waals surface area (Å²) in [4.78, 5) is 39.3. The summed E-state index contributed by atoms with van der Waals surface area (Å²) >= 11 is 0. The Bertz CT molecular complexity index is 1140. The average molecular weight is 449 g/mol. The Morgan fingerprint density at radius 1 is 0.970 bits per heavy atom. The molecule has 1 aliphatic rings. The summed E-state index contributed by atoms with van der Waals surface area (Å²) in [5.74, 6) is -1.02. The van der Waals surface area contributed by atoms with Gasteiger partial charge in [0.1, 0.15) is 5.76 Å². The van der Waals surface area contributed by atoms with E-state index in [1.807, 2.05) is 6.07 Å². The third kappa shape index (κ3) is 4.79. The van der Waals surface area contributed by atoms with E-state index in [0.29, 0.717) is 23.7 Å². The lowest BCUT2D eigenvalue weighted by Gasteiger charge is -2.27. The van der Waals surface area contributed by atoms with Gasteiger partial charge in [-0.05, 0) is 42.8 Å². The highest BCUT2D eigenvalue weighted by Crippen LogP contribution is 2.32. The molecule has 0 fully saturated rings. The minimum Gasteiger partial charge on any atom is -0.467 e. The number of carbonyl (C=O) groups is 3. The van der Waals surface area contributed by atoms with Gasteiger partial charge in [0.05, 0.1) is 30.0 Å². The van der Waals surface area contributed by atoms with Crippen molar-refractivity contribution in [1.82, 2.24) is 4.90 Å². The van der Waals surface area contributed by atoms with Crippen LogP contribution in [-0.2, 0) is 11.3 Å². The molecular formula is C24H23N3O6. The molecule has 0 aliphatic carbocycles. The number of hydrogen-bond donors (Lipinski definition) is 4. The zero-order valence-corrected chi connectivity index (χ0v) is 17.6. The van der Waals surface area contributed by atoms with Gasteiger partial charge in [0.25, 0.3) is 11.8 Å². The number of amides is 3. The zero-order chi connectivity index (χ0) is 23.4. The minimum absolute atomic E-state index is 0.114. The molecule has 3 aromatic rings. The van der Waals surface area contributed by atoms with E-state index in [1.165, 1.54) is 12.3 Å². The minimum atomic E-state index is -2.00. The Balaban J connectivity index is 1.48. The number of para-hydroxylation sites is 1. The van der Waals surface area contributed by atoms with Crippen LogP contribution in [0, 0.1) is 0 Å². The predicted molar refractivity (Wildman–Crippen MR) is 119 cm³/mol. The second kappa shape index (κ2) is 9.68. The van der Waals surface area contributed by atoms with Gasteiger partial charge in [0, 0.05) is 17.8 Å². The molecule has 1 aliphatic heterocycles. The first kappa shape index (κ1) is 22.3. The van der Waals surface area contributed by atoms with Crippen LogP contribution in [0.15, 0.2) is 71.3 Å². The lowest BCUT2D eigenvalue weighted by molar-refractivity contribution is -0.118. The number of rotatable bonds is 9. The molecule has 0 saturated carbocycles. The lowest BCUT2D eigenvalue weighted by atomic mass is 10.1. The molecule has 3 amide bonds. The number of aliphatic hydroxyl groups is 2. The van der Waals surface area contributed by atoms with E-state index in [9.17, 15) is 24.6 Å². The van der Waals surface area contributed by atoms with E-state index < -0.39 is 24.1 Å². The molecule has 2 aromatic carbocycles. The average Bonchev–Trinajstić information content (AvgIpc) is 3.41. The van der Waals surface area contributed by atoms with Gasteiger partial charge in [0.15, 0.2) is 6.29 Å². The predicted octanol–water partition coefficient (Wildman–Crippen LogP) is 2.59. The van der Waals surface area contributed by atoms with E-state index in [0.717, 1.165) is 4.90 Å². The number of aliphatic hydroxyl groups excluding tert-OH is 1. The number of benzene rings is 2. The SMILES string of the molecule is O=C(CCC(C(O)O)N1C(=O)c2cccc(NCc3ccco3)c2C1=O)Nc1ccccc1. The maximum atomic E-state index is 13.2. The fraction of sp³-hybridized carbons (Fsp3) is 0.208. The van der Waals surface area contributed by atoms with Gasteiger partial charge < -0.3 is 25.3 Å². The first-order chi connectivity index (χ1) is 16.0. The molecule has 0 spiro atoms. The van der Waals surface area contributed by atoms with Gasteiger partial charge in [-0.15, -0.1) is 0 Å². The van der Waals surface area contributed by atoms with Crippen LogP contribution in [0.5, 0.6) is 0 Å². The van der Waals surface area contributed by atoms with Crippen molar-refractivity contribution < 1.29 is 29.0 Å². The summed E-state index contributed by atoms with van der Waals surface area (Å²) in [6.07, 6.45) is -0.703. The summed E-state index contributed by atoms with van der Waals surface area (Å²) < 4.78 is 5.28. The number of carbonyl (C=O) groups excluding carboxylic acids is 3. The fourth-order valence-electron chi connectivity index (χ4n) is 3.78. The third-order valence-electron chi connectivity index (χ3n) is 5.38. The van der Waals surface area contributed by atoms with Crippen LogP contribution in [0.3, 0.4) is 0 Å². The number of nitrogens with zero attached hydrogens (tertiary/aromatic N) is 1. The van der Waals surface area contributed by atoms with Crippen LogP contribution in [0.25, 0.3) is 0 Å². The topological polar surface area (TPSA) is 132 Å². The Hall–Kier alpha value is -3.95.